The van der Waals surface area contributed by atoms with E-state index >= 15 is 0 Å². The van der Waals surface area contributed by atoms with Crippen LogP contribution in [0.3, 0.4) is 0 Å². The molecule has 62 valence electrons. The number of hydrogen-bond donors (Lipinski definition) is 1. The molecule has 2 N–H and O–H groups in total. The van der Waals surface area contributed by atoms with Crippen LogP contribution in [0, 0.1) is 11.8 Å². The van der Waals surface area contributed by atoms with E-state index in [-0.39, 0.29) is 0 Å². The van der Waals surface area contributed by atoms with Gasteiger partial charge in [-0.1, -0.05) is 17.7 Å². The number of hydrogen-bond acceptors (Lipinski definition) is 3. The summed E-state index contributed by atoms with van der Waals surface area (Å²) in [5.41, 5.74) is 6.39. The van der Waals surface area contributed by atoms with Gasteiger partial charge < -0.3 is 5.73 Å². The summed E-state index contributed by atoms with van der Waals surface area (Å²) < 4.78 is 0. The third kappa shape index (κ3) is 2.48. The van der Waals surface area contributed by atoms with Crippen LogP contribution < -0.4 is 5.73 Å². The molecule has 0 amide bonds. The molecular formula is C9H10N2S. The third-order valence-electron chi connectivity index (χ3n) is 1.26. The molecule has 3 heteroatoms. The van der Waals surface area contributed by atoms with Gasteiger partial charge >= 0.3 is 0 Å². The van der Waals surface area contributed by atoms with Crippen molar-refractivity contribution in [1.29, 1.82) is 0 Å². The fourth-order valence-electron chi connectivity index (χ4n) is 0.700. The van der Waals surface area contributed by atoms with Crippen molar-refractivity contribution in [2.24, 2.45) is 0 Å². The highest BCUT2D eigenvalue weighted by molar-refractivity contribution is 7.99. The molecule has 0 aromatic carbocycles. The Labute approximate surface area is 76.6 Å². The lowest BCUT2D eigenvalue weighted by Gasteiger charge is -1.99. The second-order valence-electron chi connectivity index (χ2n) is 2.11. The summed E-state index contributed by atoms with van der Waals surface area (Å²) in [5, 5.41) is 0.861. The summed E-state index contributed by atoms with van der Waals surface area (Å²) in [4.78, 5) is 4.12. The smallest absolute Gasteiger partial charge is 0.120 e. The maximum Gasteiger partial charge on any atom is 0.120 e. The van der Waals surface area contributed by atoms with Crippen LogP contribution in [-0.2, 0) is 0 Å². The monoisotopic (exact) mass is 178 g/mol. The molecule has 1 heterocycles. The van der Waals surface area contributed by atoms with Crippen molar-refractivity contribution in [2.75, 3.05) is 11.5 Å². The first-order valence-electron chi connectivity index (χ1n) is 3.57. The van der Waals surface area contributed by atoms with E-state index in [1.165, 1.54) is 0 Å². The lowest BCUT2D eigenvalue weighted by molar-refractivity contribution is 1.14. The normalized spacial score (nSPS) is 8.75. The Balaban J connectivity index is 2.61. The third-order valence-corrected chi connectivity index (χ3v) is 2.16. The van der Waals surface area contributed by atoms with E-state index in [2.05, 4.69) is 16.8 Å². The SMILES string of the molecule is CC#CCSc1ncccc1N. The minimum Gasteiger partial charge on any atom is -0.397 e. The van der Waals surface area contributed by atoms with Gasteiger partial charge in [0.15, 0.2) is 0 Å². The minimum absolute atomic E-state index is 0.723. The van der Waals surface area contributed by atoms with Gasteiger partial charge in [-0.3, -0.25) is 0 Å². The molecule has 0 aliphatic rings. The lowest BCUT2D eigenvalue weighted by Crippen LogP contribution is -1.90. The summed E-state index contributed by atoms with van der Waals surface area (Å²) in [6.07, 6.45) is 1.73. The van der Waals surface area contributed by atoms with Gasteiger partial charge in [0.25, 0.3) is 0 Å². The van der Waals surface area contributed by atoms with Gasteiger partial charge in [-0.2, -0.15) is 0 Å². The van der Waals surface area contributed by atoms with Crippen molar-refractivity contribution in [2.45, 2.75) is 11.9 Å². The number of pyridine rings is 1. The zero-order valence-corrected chi connectivity index (χ0v) is 7.69. The first kappa shape index (κ1) is 8.95. The van der Waals surface area contributed by atoms with Gasteiger partial charge in [0.05, 0.1) is 11.4 Å². The van der Waals surface area contributed by atoms with E-state index in [4.69, 9.17) is 5.73 Å². The Morgan fingerprint density at radius 2 is 2.50 bits per heavy atom. The Hall–Kier alpha value is -1.14. The zero-order chi connectivity index (χ0) is 8.81. The average molecular weight is 178 g/mol. The largest absolute Gasteiger partial charge is 0.397 e. The summed E-state index contributed by atoms with van der Waals surface area (Å²) in [6.45, 7) is 1.82. The highest BCUT2D eigenvalue weighted by Crippen LogP contribution is 2.20. The molecule has 0 aliphatic carbocycles. The van der Waals surface area contributed by atoms with Crippen LogP contribution in [0.2, 0.25) is 0 Å². The molecule has 0 spiro atoms. The molecule has 0 saturated carbocycles. The molecule has 2 nitrogen and oxygen atoms in total. The quantitative estimate of drug-likeness (QED) is 0.554. The number of thioether (sulfide) groups is 1. The molecule has 0 unspecified atom stereocenters. The van der Waals surface area contributed by atoms with Gasteiger partial charge in [-0.05, 0) is 19.1 Å². The first-order chi connectivity index (χ1) is 5.84. The van der Waals surface area contributed by atoms with Crippen molar-refractivity contribution in [1.82, 2.24) is 4.98 Å². The topological polar surface area (TPSA) is 38.9 Å². The molecule has 0 saturated heterocycles. The van der Waals surface area contributed by atoms with E-state index < -0.39 is 0 Å². The molecule has 1 aromatic heterocycles. The molecule has 1 aromatic rings. The number of nitrogens with zero attached hydrogens (tertiary/aromatic N) is 1. The van der Waals surface area contributed by atoms with Gasteiger partial charge in [-0.25, -0.2) is 4.98 Å². The van der Waals surface area contributed by atoms with E-state index in [1.807, 2.05) is 19.1 Å². The van der Waals surface area contributed by atoms with Crippen molar-refractivity contribution in [3.05, 3.63) is 18.3 Å². The average Bonchev–Trinajstić information content (AvgIpc) is 2.09. The van der Waals surface area contributed by atoms with Crippen LogP contribution in [0.25, 0.3) is 0 Å². The second kappa shape index (κ2) is 4.68. The van der Waals surface area contributed by atoms with Crippen LogP contribution in [0.5, 0.6) is 0 Å². The maximum absolute atomic E-state index is 5.67. The van der Waals surface area contributed by atoms with Crippen molar-refractivity contribution < 1.29 is 0 Å². The minimum atomic E-state index is 0.723. The standard InChI is InChI=1S/C9H10N2S/c1-2-3-7-12-9-8(10)5-4-6-11-9/h4-6H,7,10H2,1H3. The number of nitrogens with two attached hydrogens (primary N) is 1. The van der Waals surface area contributed by atoms with Gasteiger partial charge in [0.2, 0.25) is 0 Å². The molecule has 1 rings (SSSR count). The molecule has 0 aliphatic heterocycles. The van der Waals surface area contributed by atoms with Crippen molar-refractivity contribution in [3.8, 4) is 11.8 Å². The summed E-state index contributed by atoms with van der Waals surface area (Å²) >= 11 is 1.56. The van der Waals surface area contributed by atoms with Crippen LogP contribution >= 0.6 is 11.8 Å². The number of rotatable bonds is 2. The number of nitrogen functional groups attached to an aromatic ring is 1. The Morgan fingerprint density at radius 1 is 1.67 bits per heavy atom. The van der Waals surface area contributed by atoms with E-state index in [0.29, 0.717) is 0 Å². The maximum atomic E-state index is 5.67. The molecule has 0 bridgehead atoms. The Morgan fingerprint density at radius 3 is 3.17 bits per heavy atom. The second-order valence-corrected chi connectivity index (χ2v) is 3.08. The van der Waals surface area contributed by atoms with Crippen molar-refractivity contribution in [3.63, 3.8) is 0 Å². The molecule has 12 heavy (non-hydrogen) atoms. The first-order valence-corrected chi connectivity index (χ1v) is 4.56. The van der Waals surface area contributed by atoms with E-state index in [1.54, 1.807) is 18.0 Å². The van der Waals surface area contributed by atoms with Gasteiger partial charge in [0, 0.05) is 6.20 Å². The predicted octanol–water partition coefficient (Wildman–Crippen LogP) is 1.78. The van der Waals surface area contributed by atoms with Crippen molar-refractivity contribution >= 4 is 17.4 Å². The van der Waals surface area contributed by atoms with E-state index in [9.17, 15) is 0 Å². The zero-order valence-electron chi connectivity index (χ0n) is 6.87. The number of anilines is 1. The predicted molar refractivity (Wildman–Crippen MR) is 52.8 cm³/mol. The van der Waals surface area contributed by atoms with E-state index in [0.717, 1.165) is 16.5 Å². The molecule has 0 fully saturated rings. The van der Waals surface area contributed by atoms with Gasteiger partial charge in [-0.15, -0.1) is 5.92 Å². The van der Waals surface area contributed by atoms with Crippen LogP contribution in [0.4, 0.5) is 5.69 Å². The molecule has 0 atom stereocenters. The number of aromatic nitrogens is 1. The summed E-state index contributed by atoms with van der Waals surface area (Å²) in [5.74, 6) is 6.51. The van der Waals surface area contributed by atoms with Crippen LogP contribution in [0.1, 0.15) is 6.92 Å². The highest BCUT2D eigenvalue weighted by atomic mass is 32.2. The highest BCUT2D eigenvalue weighted by Gasteiger charge is 1.97. The van der Waals surface area contributed by atoms with Crippen LogP contribution in [0.15, 0.2) is 23.4 Å². The Kier molecular flexibility index (Phi) is 3.49. The van der Waals surface area contributed by atoms with Gasteiger partial charge in [0.1, 0.15) is 5.03 Å². The fourth-order valence-corrected chi connectivity index (χ4v) is 1.42. The molecular weight excluding hydrogens is 168 g/mol. The Bertz CT molecular complexity index is 312. The summed E-state index contributed by atoms with van der Waals surface area (Å²) in [7, 11) is 0. The summed E-state index contributed by atoms with van der Waals surface area (Å²) in [6, 6.07) is 3.67. The molecule has 0 radical (unpaired) electrons. The lowest BCUT2D eigenvalue weighted by atomic mass is 10.4. The fraction of sp³-hybridized carbons (Fsp3) is 0.222. The van der Waals surface area contributed by atoms with Crippen LogP contribution in [-0.4, -0.2) is 10.7 Å².